The first-order chi connectivity index (χ1) is 12.6. The van der Waals surface area contributed by atoms with Gasteiger partial charge < -0.3 is 14.7 Å². The minimum Gasteiger partial charge on any atom is -0.355 e. The summed E-state index contributed by atoms with van der Waals surface area (Å²) in [5, 5.41) is 0. The van der Waals surface area contributed by atoms with Gasteiger partial charge in [-0.3, -0.25) is 9.59 Å². The molecule has 26 heavy (non-hydrogen) atoms. The molecule has 1 aliphatic rings. The van der Waals surface area contributed by atoms with Gasteiger partial charge in [-0.1, -0.05) is 30.3 Å². The van der Waals surface area contributed by atoms with E-state index >= 15 is 0 Å². The summed E-state index contributed by atoms with van der Waals surface area (Å²) in [6.07, 6.45) is 0.827. The molecule has 1 aromatic heterocycles. The van der Waals surface area contributed by atoms with Crippen LogP contribution < -0.4 is 4.90 Å². The van der Waals surface area contributed by atoms with E-state index in [9.17, 15) is 9.59 Å². The molecule has 7 heteroatoms. The fourth-order valence-corrected chi connectivity index (χ4v) is 2.99. The lowest BCUT2D eigenvalue weighted by molar-refractivity contribution is -0.119. The van der Waals surface area contributed by atoms with Crippen LogP contribution in [0.3, 0.4) is 0 Å². The van der Waals surface area contributed by atoms with E-state index in [1.165, 1.54) is 5.56 Å². The van der Waals surface area contributed by atoms with Crippen LogP contribution in [-0.2, 0) is 11.3 Å². The molecule has 0 aliphatic carbocycles. The maximum atomic E-state index is 12.8. The van der Waals surface area contributed by atoms with Crippen LogP contribution in [0.25, 0.3) is 0 Å². The van der Waals surface area contributed by atoms with Crippen molar-refractivity contribution in [1.82, 2.24) is 19.8 Å². The van der Waals surface area contributed by atoms with Crippen molar-refractivity contribution < 1.29 is 9.59 Å². The second kappa shape index (κ2) is 7.95. The molecular weight excluding hydrogens is 330 g/mol. The first-order valence-corrected chi connectivity index (χ1v) is 8.66. The van der Waals surface area contributed by atoms with Gasteiger partial charge in [0.2, 0.25) is 6.41 Å². The fourth-order valence-electron chi connectivity index (χ4n) is 2.99. The number of benzene rings is 1. The molecule has 0 N–H and O–H groups in total. The third-order valence-corrected chi connectivity index (χ3v) is 4.45. The Hall–Kier alpha value is -2.96. The SMILES string of the molecule is Cc1nc(C(=O)N2CCN(C=O)CC2)cc(N(C)Cc2ccccc2)n1. The van der Waals surface area contributed by atoms with Gasteiger partial charge in [-0.2, -0.15) is 0 Å². The molecule has 2 amide bonds. The van der Waals surface area contributed by atoms with Gasteiger partial charge in [-0.25, -0.2) is 9.97 Å². The maximum Gasteiger partial charge on any atom is 0.272 e. The number of hydrogen-bond acceptors (Lipinski definition) is 5. The summed E-state index contributed by atoms with van der Waals surface area (Å²) in [7, 11) is 1.95. The van der Waals surface area contributed by atoms with Crippen LogP contribution in [0, 0.1) is 6.92 Å². The van der Waals surface area contributed by atoms with E-state index in [0.717, 1.165) is 12.2 Å². The van der Waals surface area contributed by atoms with Crippen LogP contribution in [0.4, 0.5) is 5.82 Å². The molecule has 1 saturated heterocycles. The first kappa shape index (κ1) is 17.8. The smallest absolute Gasteiger partial charge is 0.272 e. The average molecular weight is 353 g/mol. The van der Waals surface area contributed by atoms with Crippen LogP contribution in [0.15, 0.2) is 36.4 Å². The highest BCUT2D eigenvalue weighted by Gasteiger charge is 2.23. The van der Waals surface area contributed by atoms with Gasteiger partial charge in [0.25, 0.3) is 5.91 Å². The molecule has 1 aromatic carbocycles. The van der Waals surface area contributed by atoms with E-state index in [0.29, 0.717) is 44.2 Å². The van der Waals surface area contributed by atoms with E-state index in [1.54, 1.807) is 22.8 Å². The topological polar surface area (TPSA) is 69.6 Å². The van der Waals surface area contributed by atoms with Crippen molar-refractivity contribution in [2.45, 2.75) is 13.5 Å². The molecule has 0 saturated carbocycles. The number of piperazine rings is 1. The highest BCUT2D eigenvalue weighted by atomic mass is 16.2. The highest BCUT2D eigenvalue weighted by molar-refractivity contribution is 5.93. The van der Waals surface area contributed by atoms with Crippen molar-refractivity contribution in [2.75, 3.05) is 38.1 Å². The molecule has 3 rings (SSSR count). The van der Waals surface area contributed by atoms with Crippen molar-refractivity contribution >= 4 is 18.1 Å². The zero-order valence-electron chi connectivity index (χ0n) is 15.1. The quantitative estimate of drug-likeness (QED) is 0.759. The van der Waals surface area contributed by atoms with Gasteiger partial charge in [-0.05, 0) is 12.5 Å². The predicted octanol–water partition coefficient (Wildman–Crippen LogP) is 1.34. The van der Waals surface area contributed by atoms with Crippen LogP contribution >= 0.6 is 0 Å². The van der Waals surface area contributed by atoms with E-state index in [2.05, 4.69) is 22.1 Å². The monoisotopic (exact) mass is 353 g/mol. The lowest BCUT2D eigenvalue weighted by Crippen LogP contribution is -2.48. The Kier molecular flexibility index (Phi) is 5.46. The summed E-state index contributed by atoms with van der Waals surface area (Å²) in [6.45, 7) is 4.65. The highest BCUT2D eigenvalue weighted by Crippen LogP contribution is 2.16. The standard InChI is InChI=1S/C19H23N5O2/c1-15-20-17(19(26)24-10-8-23(14-25)9-11-24)12-18(21-15)22(2)13-16-6-4-3-5-7-16/h3-7,12,14H,8-11,13H2,1-2H3. The van der Waals surface area contributed by atoms with Crippen molar-refractivity contribution in [3.05, 3.63) is 53.5 Å². The van der Waals surface area contributed by atoms with Crippen LogP contribution in [0.5, 0.6) is 0 Å². The fraction of sp³-hybridized carbons (Fsp3) is 0.368. The maximum absolute atomic E-state index is 12.8. The van der Waals surface area contributed by atoms with Gasteiger partial charge in [-0.15, -0.1) is 0 Å². The van der Waals surface area contributed by atoms with E-state index in [1.807, 2.05) is 30.1 Å². The van der Waals surface area contributed by atoms with Gasteiger partial charge in [0, 0.05) is 45.8 Å². The van der Waals surface area contributed by atoms with E-state index in [4.69, 9.17) is 0 Å². The Balaban J connectivity index is 1.74. The Morgan fingerprint density at radius 3 is 2.50 bits per heavy atom. The Morgan fingerprint density at radius 1 is 1.15 bits per heavy atom. The molecule has 2 heterocycles. The summed E-state index contributed by atoms with van der Waals surface area (Å²) in [5.74, 6) is 1.17. The van der Waals surface area contributed by atoms with Crippen LogP contribution in [-0.4, -0.2) is 65.3 Å². The van der Waals surface area contributed by atoms with Gasteiger partial charge in [0.05, 0.1) is 0 Å². The number of aromatic nitrogens is 2. The molecular formula is C19H23N5O2. The molecule has 0 unspecified atom stereocenters. The number of anilines is 1. The largest absolute Gasteiger partial charge is 0.355 e. The molecule has 1 aliphatic heterocycles. The minimum absolute atomic E-state index is 0.115. The van der Waals surface area contributed by atoms with Gasteiger partial charge in [0.15, 0.2) is 0 Å². The summed E-state index contributed by atoms with van der Waals surface area (Å²) in [5.41, 5.74) is 1.57. The number of carbonyl (C=O) groups is 2. The summed E-state index contributed by atoms with van der Waals surface area (Å²) >= 11 is 0. The van der Waals surface area contributed by atoms with Crippen molar-refractivity contribution in [3.63, 3.8) is 0 Å². The lowest BCUT2D eigenvalue weighted by Gasteiger charge is -2.32. The molecule has 1 fully saturated rings. The first-order valence-electron chi connectivity index (χ1n) is 8.66. The summed E-state index contributed by atoms with van der Waals surface area (Å²) in [4.78, 5) is 37.8. The van der Waals surface area contributed by atoms with Gasteiger partial charge in [0.1, 0.15) is 17.3 Å². The van der Waals surface area contributed by atoms with E-state index in [-0.39, 0.29) is 5.91 Å². The number of rotatable bonds is 5. The van der Waals surface area contributed by atoms with Gasteiger partial charge >= 0.3 is 0 Å². The Labute approximate surface area is 153 Å². The van der Waals surface area contributed by atoms with Crippen molar-refractivity contribution in [2.24, 2.45) is 0 Å². The van der Waals surface area contributed by atoms with E-state index < -0.39 is 0 Å². The number of carbonyl (C=O) groups excluding carboxylic acids is 2. The summed E-state index contributed by atoms with van der Waals surface area (Å²) < 4.78 is 0. The van der Waals surface area contributed by atoms with Crippen molar-refractivity contribution in [3.8, 4) is 0 Å². The number of aryl methyl sites for hydroxylation is 1. The third-order valence-electron chi connectivity index (χ3n) is 4.45. The Bertz CT molecular complexity index is 773. The van der Waals surface area contributed by atoms with Crippen LogP contribution in [0.2, 0.25) is 0 Å². The minimum atomic E-state index is -0.115. The molecule has 0 bridgehead atoms. The lowest BCUT2D eigenvalue weighted by atomic mass is 10.2. The number of hydrogen-bond donors (Lipinski definition) is 0. The molecule has 0 atom stereocenters. The van der Waals surface area contributed by atoms with Crippen molar-refractivity contribution in [1.29, 1.82) is 0 Å². The zero-order valence-corrected chi connectivity index (χ0v) is 15.1. The molecule has 136 valence electrons. The summed E-state index contributed by atoms with van der Waals surface area (Å²) in [6, 6.07) is 11.8. The molecule has 0 radical (unpaired) electrons. The second-order valence-corrected chi connectivity index (χ2v) is 6.43. The predicted molar refractivity (Wildman–Crippen MR) is 98.9 cm³/mol. The number of nitrogens with zero attached hydrogens (tertiary/aromatic N) is 5. The molecule has 7 nitrogen and oxygen atoms in total. The average Bonchev–Trinajstić information content (AvgIpc) is 2.67. The molecule has 0 spiro atoms. The Morgan fingerprint density at radius 2 is 1.85 bits per heavy atom. The molecule has 2 aromatic rings. The number of amides is 2. The zero-order chi connectivity index (χ0) is 18.5. The van der Waals surface area contributed by atoms with Crippen LogP contribution in [0.1, 0.15) is 21.9 Å². The second-order valence-electron chi connectivity index (χ2n) is 6.43. The third kappa shape index (κ3) is 4.17. The normalized spacial score (nSPS) is 14.2.